The minimum atomic E-state index is -4.43. The molecule has 41 heavy (non-hydrogen) atoms. The number of benzene rings is 1. The van der Waals surface area contributed by atoms with Crippen molar-refractivity contribution in [3.63, 3.8) is 0 Å². The Kier molecular flexibility index (Phi) is 7.76. The fourth-order valence-corrected chi connectivity index (χ4v) is 6.38. The molecule has 0 atom stereocenters. The molecule has 4 N–H and O–H groups in total. The van der Waals surface area contributed by atoms with Gasteiger partial charge in [0.25, 0.3) is 5.91 Å². The molecule has 220 valence electrons. The number of carbonyl (C=O) groups excluding carboxylic acids is 1. The molecule has 1 saturated heterocycles. The van der Waals surface area contributed by atoms with Crippen LogP contribution in [-0.4, -0.2) is 61.5 Å². The van der Waals surface area contributed by atoms with Crippen LogP contribution in [0.5, 0.6) is 0 Å². The summed E-state index contributed by atoms with van der Waals surface area (Å²) in [6.07, 6.45) is 7.41. The highest BCUT2D eigenvalue weighted by molar-refractivity contribution is 5.94. The average Bonchev–Trinajstić information content (AvgIpc) is 3.64. The molecule has 3 aliphatic rings. The SMILES string of the molecule is N[C@H]1CC[C@H](Nc2nc(NC3CCN(C(=O)c4ccc(C(F)(F)F)cc4)CC3)c3ncn(C4CCCC4)c3n2)CC1. The van der Waals surface area contributed by atoms with Crippen LogP contribution < -0.4 is 16.4 Å². The number of piperidine rings is 1. The van der Waals surface area contributed by atoms with Gasteiger partial charge in [0.1, 0.15) is 0 Å². The maximum atomic E-state index is 13.0. The van der Waals surface area contributed by atoms with Crippen LogP contribution in [0.4, 0.5) is 24.9 Å². The number of nitrogens with two attached hydrogens (primary N) is 1. The predicted molar refractivity (Wildman–Crippen MR) is 151 cm³/mol. The van der Waals surface area contributed by atoms with Crippen LogP contribution in [-0.2, 0) is 6.18 Å². The number of aromatic nitrogens is 4. The highest BCUT2D eigenvalue weighted by Gasteiger charge is 2.31. The van der Waals surface area contributed by atoms with E-state index in [0.717, 1.165) is 61.8 Å². The Labute approximate surface area is 237 Å². The fraction of sp³-hybridized carbons (Fsp3) is 0.586. The largest absolute Gasteiger partial charge is 0.416 e. The first-order valence-electron chi connectivity index (χ1n) is 14.7. The van der Waals surface area contributed by atoms with Crippen molar-refractivity contribution in [2.75, 3.05) is 23.7 Å². The second-order valence-corrected chi connectivity index (χ2v) is 11.7. The van der Waals surface area contributed by atoms with Crippen LogP contribution in [0.1, 0.15) is 86.2 Å². The molecule has 3 heterocycles. The molecule has 1 aromatic carbocycles. The number of likely N-dealkylation sites (tertiary alicyclic amines) is 1. The summed E-state index contributed by atoms with van der Waals surface area (Å²) in [6, 6.07) is 5.42. The van der Waals surface area contributed by atoms with Crippen LogP contribution >= 0.6 is 0 Å². The van der Waals surface area contributed by atoms with Crippen molar-refractivity contribution < 1.29 is 18.0 Å². The first-order chi connectivity index (χ1) is 19.7. The Morgan fingerprint density at radius 1 is 0.878 bits per heavy atom. The Bertz CT molecular complexity index is 1350. The van der Waals surface area contributed by atoms with E-state index in [0.29, 0.717) is 43.7 Å². The molecule has 3 fully saturated rings. The second kappa shape index (κ2) is 11.5. The summed E-state index contributed by atoms with van der Waals surface area (Å²) in [5.74, 6) is 1.03. The van der Waals surface area contributed by atoms with E-state index in [1.807, 2.05) is 6.33 Å². The zero-order valence-electron chi connectivity index (χ0n) is 23.0. The summed E-state index contributed by atoms with van der Waals surface area (Å²) in [7, 11) is 0. The lowest BCUT2D eigenvalue weighted by molar-refractivity contribution is -0.137. The molecule has 6 rings (SSSR count). The van der Waals surface area contributed by atoms with E-state index >= 15 is 0 Å². The van der Waals surface area contributed by atoms with Gasteiger partial charge in [0.2, 0.25) is 5.95 Å². The van der Waals surface area contributed by atoms with Crippen LogP contribution in [0.15, 0.2) is 30.6 Å². The molecule has 3 aromatic rings. The molecule has 2 saturated carbocycles. The first kappa shape index (κ1) is 27.7. The van der Waals surface area contributed by atoms with Crippen LogP contribution in [0.3, 0.4) is 0 Å². The monoisotopic (exact) mass is 570 g/mol. The van der Waals surface area contributed by atoms with E-state index in [9.17, 15) is 18.0 Å². The Hall–Kier alpha value is -3.41. The summed E-state index contributed by atoms with van der Waals surface area (Å²) in [6.45, 7) is 0.991. The van der Waals surface area contributed by atoms with Crippen molar-refractivity contribution in [3.8, 4) is 0 Å². The van der Waals surface area contributed by atoms with Gasteiger partial charge in [0.05, 0.1) is 11.9 Å². The van der Waals surface area contributed by atoms with Crippen molar-refractivity contribution >= 4 is 28.8 Å². The van der Waals surface area contributed by atoms with Crippen molar-refractivity contribution in [2.45, 2.75) is 94.6 Å². The number of nitrogens with zero attached hydrogens (tertiary/aromatic N) is 5. The zero-order chi connectivity index (χ0) is 28.6. The number of rotatable bonds is 6. The Morgan fingerprint density at radius 2 is 1.54 bits per heavy atom. The number of anilines is 2. The summed E-state index contributed by atoms with van der Waals surface area (Å²) >= 11 is 0. The smallest absolute Gasteiger partial charge is 0.365 e. The van der Waals surface area contributed by atoms with Crippen molar-refractivity contribution in [1.82, 2.24) is 24.4 Å². The number of carbonyl (C=O) groups is 1. The van der Waals surface area contributed by atoms with Crippen molar-refractivity contribution in [1.29, 1.82) is 0 Å². The van der Waals surface area contributed by atoms with E-state index in [1.165, 1.54) is 25.0 Å². The van der Waals surface area contributed by atoms with Gasteiger partial charge in [0.15, 0.2) is 17.0 Å². The minimum absolute atomic E-state index is 0.0712. The number of fused-ring (bicyclic) bond motifs is 1. The molecule has 2 aromatic heterocycles. The maximum Gasteiger partial charge on any atom is 0.416 e. The first-order valence-corrected chi connectivity index (χ1v) is 14.7. The minimum Gasteiger partial charge on any atom is -0.365 e. The van der Waals surface area contributed by atoms with E-state index in [4.69, 9.17) is 20.7 Å². The standard InChI is InChI=1S/C29H37F3N8O/c30-29(31,32)19-7-5-18(6-8-19)27(41)39-15-13-22(14-16-39)35-25-24-26(40(17-34-24)23-3-1-2-4-23)38-28(37-25)36-21-11-9-20(33)10-12-21/h5-8,17,20-23H,1-4,9-16,33H2,(H2,35,36,37,38)/t20-,21-. The molecule has 0 spiro atoms. The lowest BCUT2D eigenvalue weighted by atomic mass is 9.92. The average molecular weight is 571 g/mol. The van der Waals surface area contributed by atoms with E-state index in [-0.39, 0.29) is 29.6 Å². The molecular weight excluding hydrogens is 533 g/mol. The van der Waals surface area contributed by atoms with Crippen LogP contribution in [0.25, 0.3) is 11.2 Å². The Balaban J connectivity index is 1.16. The van der Waals surface area contributed by atoms with Gasteiger partial charge in [-0.25, -0.2) is 4.98 Å². The topological polar surface area (TPSA) is 114 Å². The summed E-state index contributed by atoms with van der Waals surface area (Å²) in [5.41, 5.74) is 7.19. The lowest BCUT2D eigenvalue weighted by Crippen LogP contribution is -2.42. The molecule has 12 heteroatoms. The molecule has 1 aliphatic heterocycles. The van der Waals surface area contributed by atoms with Gasteiger partial charge in [-0.1, -0.05) is 12.8 Å². The quantitative estimate of drug-likeness (QED) is 0.366. The summed E-state index contributed by atoms with van der Waals surface area (Å²) in [5, 5.41) is 7.14. The van der Waals surface area contributed by atoms with Gasteiger partial charge in [-0.3, -0.25) is 4.79 Å². The van der Waals surface area contributed by atoms with E-state index in [1.54, 1.807) is 4.90 Å². The number of hydrogen-bond acceptors (Lipinski definition) is 7. The van der Waals surface area contributed by atoms with Gasteiger partial charge >= 0.3 is 6.18 Å². The highest BCUT2D eigenvalue weighted by Crippen LogP contribution is 2.34. The third-order valence-electron chi connectivity index (χ3n) is 8.83. The van der Waals surface area contributed by atoms with Gasteiger partial charge < -0.3 is 25.8 Å². The molecule has 0 radical (unpaired) electrons. The normalized spacial score (nSPS) is 22.8. The fourth-order valence-electron chi connectivity index (χ4n) is 6.38. The lowest BCUT2D eigenvalue weighted by Gasteiger charge is -2.33. The number of alkyl halides is 3. The third-order valence-corrected chi connectivity index (χ3v) is 8.83. The van der Waals surface area contributed by atoms with E-state index in [2.05, 4.69) is 15.2 Å². The van der Waals surface area contributed by atoms with Crippen LogP contribution in [0, 0.1) is 0 Å². The molecule has 1 amide bonds. The number of halogens is 3. The number of imidazole rings is 1. The second-order valence-electron chi connectivity index (χ2n) is 11.7. The maximum absolute atomic E-state index is 13.0. The number of amides is 1. The Morgan fingerprint density at radius 3 is 2.20 bits per heavy atom. The van der Waals surface area contributed by atoms with Crippen molar-refractivity contribution in [2.24, 2.45) is 5.73 Å². The highest BCUT2D eigenvalue weighted by atomic mass is 19.4. The van der Waals surface area contributed by atoms with Crippen LogP contribution in [0.2, 0.25) is 0 Å². The summed E-state index contributed by atoms with van der Waals surface area (Å²) < 4.78 is 40.9. The van der Waals surface area contributed by atoms with Gasteiger partial charge in [-0.2, -0.15) is 23.1 Å². The predicted octanol–water partition coefficient (Wildman–Crippen LogP) is 5.36. The molecule has 2 aliphatic carbocycles. The zero-order valence-corrected chi connectivity index (χ0v) is 23.0. The molecule has 9 nitrogen and oxygen atoms in total. The molecule has 0 bridgehead atoms. The number of nitrogens with one attached hydrogen (secondary N) is 2. The molecular formula is C29H37F3N8O. The third kappa shape index (κ3) is 6.12. The number of hydrogen-bond donors (Lipinski definition) is 3. The van der Waals surface area contributed by atoms with Crippen molar-refractivity contribution in [3.05, 3.63) is 41.7 Å². The van der Waals surface area contributed by atoms with Gasteiger partial charge in [-0.05, 0) is 75.6 Å². The van der Waals surface area contributed by atoms with E-state index < -0.39 is 11.7 Å². The molecule has 0 unspecified atom stereocenters. The van der Waals surface area contributed by atoms with Gasteiger partial charge in [0, 0.05) is 42.8 Å². The van der Waals surface area contributed by atoms with Gasteiger partial charge in [-0.15, -0.1) is 0 Å². The summed E-state index contributed by atoms with van der Waals surface area (Å²) in [4.78, 5) is 29.2.